The molecule has 0 saturated carbocycles. The topological polar surface area (TPSA) is 88.8 Å². The van der Waals surface area contributed by atoms with Crippen molar-refractivity contribution in [1.82, 2.24) is 20.3 Å². The number of nitrogens with zero attached hydrogens (tertiary/aromatic N) is 3. The van der Waals surface area contributed by atoms with Crippen LogP contribution in [-0.2, 0) is 0 Å². The van der Waals surface area contributed by atoms with Gasteiger partial charge in [0, 0.05) is 29.6 Å². The molecular weight excluding hydrogens is 406 g/mol. The summed E-state index contributed by atoms with van der Waals surface area (Å²) in [5.74, 6) is -0.557. The van der Waals surface area contributed by atoms with E-state index in [1.807, 2.05) is 0 Å². The molecular formula is C18H13ClF2N6S. The highest BCUT2D eigenvalue weighted by atomic mass is 35.5. The molecule has 0 aliphatic carbocycles. The third-order valence-corrected chi connectivity index (χ3v) is 5.92. The highest BCUT2D eigenvalue weighted by Gasteiger charge is 2.23. The van der Waals surface area contributed by atoms with Crippen molar-refractivity contribution < 1.29 is 8.78 Å². The second-order valence-corrected chi connectivity index (χ2v) is 7.93. The minimum Gasteiger partial charge on any atom is -0.375 e. The molecule has 0 atom stereocenters. The van der Waals surface area contributed by atoms with Crippen molar-refractivity contribution in [3.05, 3.63) is 41.2 Å². The van der Waals surface area contributed by atoms with E-state index < -0.39 is 11.6 Å². The standard InChI is InChI=1S/C18H13ClF2N6S/c19-10-3-9-14(24-6-25-17(9)26-7-4-23-5-7)13(21)12(10)8-1-2-11(20)16-15(8)27-18(22)28-16/h1-3,6-7,23H,4-5H2,(H2,22,27)(H,24,25,26). The fourth-order valence-electron chi connectivity index (χ4n) is 3.27. The minimum absolute atomic E-state index is 0.111. The van der Waals surface area contributed by atoms with Crippen molar-refractivity contribution in [2.45, 2.75) is 6.04 Å². The summed E-state index contributed by atoms with van der Waals surface area (Å²) in [5, 5.41) is 7.25. The number of halogens is 3. The molecule has 0 bridgehead atoms. The van der Waals surface area contributed by atoms with Gasteiger partial charge in [0.2, 0.25) is 0 Å². The molecule has 1 fully saturated rings. The fourth-order valence-corrected chi connectivity index (χ4v) is 4.33. The third kappa shape index (κ3) is 2.66. The Hall–Kier alpha value is -2.62. The van der Waals surface area contributed by atoms with Gasteiger partial charge >= 0.3 is 0 Å². The number of benzene rings is 2. The van der Waals surface area contributed by atoms with Gasteiger partial charge in [-0.05, 0) is 18.2 Å². The minimum atomic E-state index is -0.612. The summed E-state index contributed by atoms with van der Waals surface area (Å²) < 4.78 is 29.9. The number of fused-ring (bicyclic) bond motifs is 2. The van der Waals surface area contributed by atoms with Crippen LogP contribution in [0.15, 0.2) is 24.5 Å². The molecule has 1 aliphatic heterocycles. The summed E-state index contributed by atoms with van der Waals surface area (Å²) in [4.78, 5) is 12.5. The first-order chi connectivity index (χ1) is 13.5. The average molecular weight is 419 g/mol. The van der Waals surface area contributed by atoms with Gasteiger partial charge in [0.25, 0.3) is 0 Å². The van der Waals surface area contributed by atoms with Crippen LogP contribution in [0.5, 0.6) is 0 Å². The summed E-state index contributed by atoms with van der Waals surface area (Å²) in [7, 11) is 0. The van der Waals surface area contributed by atoms with Gasteiger partial charge in [0.15, 0.2) is 10.9 Å². The molecule has 2 aromatic heterocycles. The second-order valence-electron chi connectivity index (χ2n) is 6.49. The van der Waals surface area contributed by atoms with E-state index in [4.69, 9.17) is 17.3 Å². The summed E-state index contributed by atoms with van der Waals surface area (Å²) in [5.41, 5.74) is 6.62. The lowest BCUT2D eigenvalue weighted by atomic mass is 10.0. The lowest BCUT2D eigenvalue weighted by Crippen LogP contribution is -2.51. The number of nitrogens with two attached hydrogens (primary N) is 1. The van der Waals surface area contributed by atoms with Gasteiger partial charge in [-0.2, -0.15) is 0 Å². The van der Waals surface area contributed by atoms with Crippen LogP contribution < -0.4 is 16.4 Å². The number of aromatic nitrogens is 3. The number of hydrogen-bond donors (Lipinski definition) is 3. The maximum Gasteiger partial charge on any atom is 0.181 e. The molecule has 0 amide bonds. The van der Waals surface area contributed by atoms with Gasteiger partial charge in [-0.3, -0.25) is 0 Å². The summed E-state index contributed by atoms with van der Waals surface area (Å²) >= 11 is 7.47. The lowest BCUT2D eigenvalue weighted by molar-refractivity contribution is 0.471. The molecule has 0 spiro atoms. The van der Waals surface area contributed by atoms with Gasteiger partial charge in [-0.1, -0.05) is 22.9 Å². The lowest BCUT2D eigenvalue weighted by Gasteiger charge is -2.28. The van der Waals surface area contributed by atoms with E-state index in [1.165, 1.54) is 18.5 Å². The van der Waals surface area contributed by atoms with Crippen molar-refractivity contribution in [3.8, 4) is 11.1 Å². The number of thiazole rings is 1. The van der Waals surface area contributed by atoms with E-state index in [1.54, 1.807) is 6.07 Å². The maximum absolute atomic E-state index is 15.5. The van der Waals surface area contributed by atoms with Crippen LogP contribution in [-0.4, -0.2) is 34.1 Å². The molecule has 1 saturated heterocycles. The first kappa shape index (κ1) is 17.5. The molecule has 3 heterocycles. The monoisotopic (exact) mass is 418 g/mol. The SMILES string of the molecule is Nc1nc2c(-c3c(Cl)cc4c(NC5CNC5)ncnc4c3F)ccc(F)c2s1. The van der Waals surface area contributed by atoms with Crippen molar-refractivity contribution >= 4 is 55.0 Å². The Morgan fingerprint density at radius 2 is 2.04 bits per heavy atom. The van der Waals surface area contributed by atoms with E-state index in [0.29, 0.717) is 16.8 Å². The molecule has 0 radical (unpaired) electrons. The highest BCUT2D eigenvalue weighted by molar-refractivity contribution is 7.22. The van der Waals surface area contributed by atoms with Gasteiger partial charge in [0.1, 0.15) is 23.5 Å². The van der Waals surface area contributed by atoms with Gasteiger partial charge in [-0.15, -0.1) is 0 Å². The Balaban J connectivity index is 1.74. The number of nitrogens with one attached hydrogen (secondary N) is 2. The van der Waals surface area contributed by atoms with E-state index in [0.717, 1.165) is 24.4 Å². The largest absolute Gasteiger partial charge is 0.375 e. The number of nitrogen functional groups attached to an aromatic ring is 1. The molecule has 4 N–H and O–H groups in total. The molecule has 4 aromatic rings. The van der Waals surface area contributed by atoms with Crippen LogP contribution in [0.3, 0.4) is 0 Å². The molecule has 10 heteroatoms. The first-order valence-electron chi connectivity index (χ1n) is 8.48. The van der Waals surface area contributed by atoms with Crippen molar-refractivity contribution in [2.24, 2.45) is 0 Å². The van der Waals surface area contributed by atoms with E-state index in [9.17, 15) is 4.39 Å². The summed E-state index contributed by atoms with van der Waals surface area (Å²) in [6, 6.07) is 4.54. The molecule has 5 rings (SSSR count). The van der Waals surface area contributed by atoms with E-state index in [-0.39, 0.29) is 37.5 Å². The Morgan fingerprint density at radius 1 is 1.21 bits per heavy atom. The predicted molar refractivity (Wildman–Crippen MR) is 108 cm³/mol. The number of rotatable bonds is 3. The molecule has 1 aliphatic rings. The van der Waals surface area contributed by atoms with E-state index >= 15 is 4.39 Å². The molecule has 6 nitrogen and oxygen atoms in total. The van der Waals surface area contributed by atoms with Crippen LogP contribution in [0, 0.1) is 11.6 Å². The Morgan fingerprint density at radius 3 is 2.79 bits per heavy atom. The zero-order valence-corrected chi connectivity index (χ0v) is 15.8. The van der Waals surface area contributed by atoms with Gasteiger partial charge in [0.05, 0.1) is 21.3 Å². The predicted octanol–water partition coefficient (Wildman–Crippen LogP) is 3.80. The Bertz CT molecular complexity index is 1240. The molecule has 142 valence electrons. The van der Waals surface area contributed by atoms with E-state index in [2.05, 4.69) is 25.6 Å². The normalized spacial score (nSPS) is 14.5. The van der Waals surface area contributed by atoms with Crippen molar-refractivity contribution in [2.75, 3.05) is 24.1 Å². The summed E-state index contributed by atoms with van der Waals surface area (Å²) in [6.07, 6.45) is 1.30. The Labute approximate surface area is 166 Å². The second kappa shape index (κ2) is 6.47. The van der Waals surface area contributed by atoms with Crippen molar-refractivity contribution in [1.29, 1.82) is 0 Å². The van der Waals surface area contributed by atoms with Crippen LogP contribution in [0.4, 0.5) is 19.7 Å². The molecule has 28 heavy (non-hydrogen) atoms. The maximum atomic E-state index is 15.5. The summed E-state index contributed by atoms with van der Waals surface area (Å²) in [6.45, 7) is 1.61. The smallest absolute Gasteiger partial charge is 0.181 e. The van der Waals surface area contributed by atoms with Crippen molar-refractivity contribution in [3.63, 3.8) is 0 Å². The zero-order valence-electron chi connectivity index (χ0n) is 14.3. The van der Waals surface area contributed by atoms with Crippen LogP contribution in [0.1, 0.15) is 0 Å². The number of hydrogen-bond acceptors (Lipinski definition) is 7. The zero-order chi connectivity index (χ0) is 19.4. The van der Waals surface area contributed by atoms with Gasteiger partial charge in [-0.25, -0.2) is 23.7 Å². The Kier molecular flexibility index (Phi) is 4.04. The first-order valence-corrected chi connectivity index (χ1v) is 9.67. The fraction of sp³-hybridized carbons (Fsp3) is 0.167. The quantitative estimate of drug-likeness (QED) is 0.469. The molecule has 0 unspecified atom stereocenters. The van der Waals surface area contributed by atoms with Crippen LogP contribution in [0.2, 0.25) is 5.02 Å². The van der Waals surface area contributed by atoms with Crippen LogP contribution >= 0.6 is 22.9 Å². The molecule has 2 aromatic carbocycles. The van der Waals surface area contributed by atoms with Crippen LogP contribution in [0.25, 0.3) is 32.2 Å². The average Bonchev–Trinajstić information content (AvgIpc) is 3.03. The number of anilines is 2. The third-order valence-electron chi connectivity index (χ3n) is 4.72. The van der Waals surface area contributed by atoms with Gasteiger partial charge < -0.3 is 16.4 Å². The highest BCUT2D eigenvalue weighted by Crippen LogP contribution is 2.41.